The molecule has 0 saturated carbocycles. The number of hydrogen-bond donors (Lipinski definition) is 5. The molecular weight excluding hydrogens is 583 g/mol. The number of ether oxygens (including phenoxy) is 4. The maximum atomic E-state index is 12.3. The van der Waals surface area contributed by atoms with Crippen molar-refractivity contribution < 1.29 is 33.1 Å². The van der Waals surface area contributed by atoms with Crippen LogP contribution in [-0.4, -0.2) is 82.4 Å². The van der Waals surface area contributed by atoms with Crippen LogP contribution in [0.25, 0.3) is 16.8 Å². The standard InChI is InChI=1S/C21H25N10O8PS/c22-15-17-24-3-9(31(17)27-6-25-15)10-1-8-4-34-21(33)38-13-2-11(39-40(41)35-5-12(8)36-10)19(37-13)30-7-26-14-16(30)28-20(23)29-18(14)32/h3,6-8,10-13,19,21,33,41H,1-2,4-5H2,(H2,22,25,27)(H3,23,28,29,32)/t8-,10-,11-,12-,13?,19-,21?,40?/m1/s1. The molecule has 0 aromatic carbocycles. The predicted molar refractivity (Wildman–Crippen MR) is 142 cm³/mol. The minimum atomic E-state index is -1.72. The smallest absolute Gasteiger partial charge is 0.280 e. The summed E-state index contributed by atoms with van der Waals surface area (Å²) in [5.41, 5.74) is 12.6. The van der Waals surface area contributed by atoms with Crippen LogP contribution in [0.1, 0.15) is 30.9 Å². The van der Waals surface area contributed by atoms with Gasteiger partial charge in [0.05, 0.1) is 37.5 Å². The van der Waals surface area contributed by atoms with Crippen molar-refractivity contribution in [1.82, 2.24) is 39.1 Å². The zero-order valence-corrected chi connectivity index (χ0v) is 22.9. The van der Waals surface area contributed by atoms with Crippen LogP contribution in [-0.2, 0) is 28.0 Å². The number of thiol groups is 1. The first-order valence-corrected chi connectivity index (χ1v) is 14.9. The highest BCUT2D eigenvalue weighted by atomic mass is 32.7. The number of nitrogens with two attached hydrogens (primary N) is 2. The van der Waals surface area contributed by atoms with Crippen molar-refractivity contribution in [3.63, 3.8) is 0 Å². The van der Waals surface area contributed by atoms with E-state index in [1.807, 2.05) is 0 Å². The highest BCUT2D eigenvalue weighted by Gasteiger charge is 2.44. The molecule has 3 aliphatic rings. The number of anilines is 2. The quantitative estimate of drug-likeness (QED) is 0.149. The Morgan fingerprint density at radius 2 is 1.98 bits per heavy atom. The predicted octanol–water partition coefficient (Wildman–Crippen LogP) is -0.00570. The highest BCUT2D eigenvalue weighted by Crippen LogP contribution is 2.50. The van der Waals surface area contributed by atoms with Crippen molar-refractivity contribution >= 4 is 48.4 Å². The Bertz CT molecular complexity index is 1640. The number of nitrogens with zero attached hydrogens (tertiary/aromatic N) is 7. The number of aliphatic hydroxyl groups is 1. The molecule has 0 radical (unpaired) electrons. The first-order chi connectivity index (χ1) is 19.8. The molecule has 6 N–H and O–H groups in total. The minimum Gasteiger partial charge on any atom is -0.381 e. The maximum absolute atomic E-state index is 12.3. The van der Waals surface area contributed by atoms with Crippen molar-refractivity contribution in [3.8, 4) is 0 Å². The van der Waals surface area contributed by atoms with E-state index >= 15 is 0 Å². The lowest BCUT2D eigenvalue weighted by atomic mass is 10.00. The van der Waals surface area contributed by atoms with Crippen molar-refractivity contribution in [2.24, 2.45) is 5.92 Å². The zero-order valence-electron chi connectivity index (χ0n) is 21.1. The molecule has 7 rings (SSSR count). The summed E-state index contributed by atoms with van der Waals surface area (Å²) in [5, 5.41) is 14.8. The number of H-pyrrole nitrogens is 1. The van der Waals surface area contributed by atoms with E-state index in [2.05, 4.69) is 42.3 Å². The Labute approximate surface area is 236 Å². The second kappa shape index (κ2) is 10.7. The number of nitrogen functional groups attached to an aromatic ring is 2. The lowest BCUT2D eigenvalue weighted by Gasteiger charge is -2.25. The number of nitrogens with one attached hydrogen (secondary N) is 1. The fourth-order valence-corrected chi connectivity index (χ4v) is 6.56. The van der Waals surface area contributed by atoms with Crippen LogP contribution >= 0.6 is 19.8 Å². The summed E-state index contributed by atoms with van der Waals surface area (Å²) in [5.74, 6) is -0.0118. The van der Waals surface area contributed by atoms with Gasteiger partial charge < -0.3 is 44.6 Å². The largest absolute Gasteiger partial charge is 0.381 e. The number of aromatic amines is 1. The molecule has 0 aliphatic carbocycles. The third kappa shape index (κ3) is 5.02. The average molecular weight is 609 g/mol. The molecule has 8 atom stereocenters. The lowest BCUT2D eigenvalue weighted by molar-refractivity contribution is -0.326. The summed E-state index contributed by atoms with van der Waals surface area (Å²) in [7, 11) is -1.72. The Morgan fingerprint density at radius 1 is 1.10 bits per heavy atom. The highest BCUT2D eigenvalue weighted by molar-refractivity contribution is 8.41. The molecule has 3 unspecified atom stereocenters. The Balaban J connectivity index is 1.11. The van der Waals surface area contributed by atoms with E-state index in [9.17, 15) is 9.90 Å². The zero-order chi connectivity index (χ0) is 28.2. The van der Waals surface area contributed by atoms with Crippen molar-refractivity contribution in [3.05, 3.63) is 34.9 Å². The van der Waals surface area contributed by atoms with E-state index < -0.39 is 50.4 Å². The molecule has 0 spiro atoms. The topological polar surface area (TPSA) is 234 Å². The first kappa shape index (κ1) is 26.9. The van der Waals surface area contributed by atoms with E-state index in [0.29, 0.717) is 17.8 Å². The fourth-order valence-electron chi connectivity index (χ4n) is 5.24. The van der Waals surface area contributed by atoms with Gasteiger partial charge >= 0.3 is 0 Å². The molecule has 4 aromatic rings. The van der Waals surface area contributed by atoms with Gasteiger partial charge in [-0.2, -0.15) is 10.1 Å². The van der Waals surface area contributed by atoms with Crippen LogP contribution in [0, 0.1) is 5.92 Å². The van der Waals surface area contributed by atoms with E-state index in [-0.39, 0.29) is 48.5 Å². The molecule has 2 bridgehead atoms. The number of rotatable bonds is 2. The molecular formula is C21H25N10O8PS. The first-order valence-electron chi connectivity index (χ1n) is 12.5. The van der Waals surface area contributed by atoms with Gasteiger partial charge in [-0.3, -0.25) is 14.3 Å². The van der Waals surface area contributed by atoms with Gasteiger partial charge in [0.15, 0.2) is 35.1 Å². The molecule has 18 nitrogen and oxygen atoms in total. The molecule has 20 heteroatoms. The van der Waals surface area contributed by atoms with Crippen LogP contribution in [0.5, 0.6) is 0 Å². The molecule has 3 fully saturated rings. The summed E-state index contributed by atoms with van der Waals surface area (Å²) in [4.78, 5) is 31.3. The van der Waals surface area contributed by atoms with E-state index in [4.69, 9.17) is 39.5 Å². The van der Waals surface area contributed by atoms with Gasteiger partial charge in [-0.05, 0) is 6.42 Å². The van der Waals surface area contributed by atoms with Crippen molar-refractivity contribution in [2.45, 2.75) is 50.1 Å². The molecule has 41 heavy (non-hydrogen) atoms. The lowest BCUT2D eigenvalue weighted by Crippen LogP contribution is -2.30. The molecule has 7 heterocycles. The second-order valence-electron chi connectivity index (χ2n) is 9.64. The molecule has 4 aromatic heterocycles. The van der Waals surface area contributed by atoms with Gasteiger partial charge in [-0.1, -0.05) is 12.2 Å². The minimum absolute atomic E-state index is 0.0761. The Hall–Kier alpha value is -3.00. The van der Waals surface area contributed by atoms with Crippen molar-refractivity contribution in [2.75, 3.05) is 24.7 Å². The van der Waals surface area contributed by atoms with Crippen LogP contribution in [0.2, 0.25) is 0 Å². The van der Waals surface area contributed by atoms with E-state index in [0.717, 1.165) is 0 Å². The number of hydrogen-bond acceptors (Lipinski definition) is 16. The van der Waals surface area contributed by atoms with Crippen LogP contribution in [0.3, 0.4) is 0 Å². The van der Waals surface area contributed by atoms with Crippen molar-refractivity contribution in [1.29, 1.82) is 0 Å². The monoisotopic (exact) mass is 608 g/mol. The average Bonchev–Trinajstić information content (AvgIpc) is 3.71. The molecule has 0 amide bonds. The van der Waals surface area contributed by atoms with Crippen LogP contribution in [0.15, 0.2) is 23.6 Å². The molecule has 3 saturated heterocycles. The van der Waals surface area contributed by atoms with Crippen LogP contribution < -0.4 is 17.0 Å². The Morgan fingerprint density at radius 3 is 2.85 bits per heavy atom. The fraction of sp³-hybridized carbons (Fsp3) is 0.524. The van der Waals surface area contributed by atoms with Gasteiger partial charge in [0.1, 0.15) is 18.5 Å². The van der Waals surface area contributed by atoms with E-state index in [1.165, 1.54) is 17.2 Å². The van der Waals surface area contributed by atoms with Gasteiger partial charge in [0, 0.05) is 12.3 Å². The SMILES string of the molecule is Nc1nc2c(ncn2[C@@H]2OC3C[C@H]2OP(S)OC[C@H]2O[C@@H](c4cnc5c(N)ncnn45)C[C@@H]2COC(O)O3)c(=O)[nH]1. The van der Waals surface area contributed by atoms with Crippen LogP contribution in [0.4, 0.5) is 11.8 Å². The maximum Gasteiger partial charge on any atom is 0.280 e. The number of imidazole rings is 2. The number of aromatic nitrogens is 8. The van der Waals surface area contributed by atoms with Gasteiger partial charge in [0.25, 0.3) is 12.0 Å². The van der Waals surface area contributed by atoms with Gasteiger partial charge in [-0.25, -0.2) is 19.5 Å². The third-order valence-electron chi connectivity index (χ3n) is 7.12. The summed E-state index contributed by atoms with van der Waals surface area (Å²) in [6.07, 6.45) is 1.81. The Kier molecular flexibility index (Phi) is 7.00. The number of fused-ring (bicyclic) bond motifs is 5. The summed E-state index contributed by atoms with van der Waals surface area (Å²) >= 11 is 4.54. The van der Waals surface area contributed by atoms with Gasteiger partial charge in [-0.15, -0.1) is 0 Å². The molecule has 3 aliphatic heterocycles. The number of aliphatic hydroxyl groups excluding tert-OH is 1. The second-order valence-corrected chi connectivity index (χ2v) is 11.6. The normalized spacial score (nSPS) is 32.9. The summed E-state index contributed by atoms with van der Waals surface area (Å²) < 4.78 is 38.9. The van der Waals surface area contributed by atoms with Gasteiger partial charge in [0.2, 0.25) is 13.5 Å². The third-order valence-corrected chi connectivity index (χ3v) is 8.57. The van der Waals surface area contributed by atoms with E-state index in [1.54, 1.807) is 10.7 Å². The molecule has 218 valence electrons. The summed E-state index contributed by atoms with van der Waals surface area (Å²) in [6, 6.07) is 0. The summed E-state index contributed by atoms with van der Waals surface area (Å²) in [6.45, 7) is -1.37.